The second-order valence-electron chi connectivity index (χ2n) is 6.77. The molecule has 4 aromatic rings. The standard InChI is InChI=1S/C23H22N4O3S/c1-29-18-11-9-17(10-12-18)22-25-23(27-26-22)31-20(16-6-3-2-4-7-16)14-21(28)24-15-19-8-5-13-30-19/h2-13,20H,14-15H2,1H3,(H,24,28)(H,25,26,27)/t20-/m0/s1. The Labute approximate surface area is 184 Å². The maximum absolute atomic E-state index is 12.6. The minimum absolute atomic E-state index is 0.0660. The third-order valence-electron chi connectivity index (χ3n) is 4.66. The number of furan rings is 1. The molecule has 2 heterocycles. The molecule has 4 rings (SSSR count). The number of amides is 1. The normalized spacial score (nSPS) is 11.8. The van der Waals surface area contributed by atoms with Crippen molar-refractivity contribution in [2.75, 3.05) is 7.11 Å². The molecule has 31 heavy (non-hydrogen) atoms. The van der Waals surface area contributed by atoms with E-state index in [9.17, 15) is 4.79 Å². The quantitative estimate of drug-likeness (QED) is 0.374. The van der Waals surface area contributed by atoms with Crippen molar-refractivity contribution in [2.24, 2.45) is 0 Å². The first-order chi connectivity index (χ1) is 15.2. The average Bonchev–Trinajstić information content (AvgIpc) is 3.50. The molecule has 0 aliphatic heterocycles. The summed E-state index contributed by atoms with van der Waals surface area (Å²) in [5.41, 5.74) is 1.95. The molecule has 0 fully saturated rings. The number of aromatic amines is 1. The van der Waals surface area contributed by atoms with Crippen molar-refractivity contribution in [1.82, 2.24) is 20.5 Å². The fraction of sp³-hybridized carbons (Fsp3) is 0.174. The lowest BCUT2D eigenvalue weighted by Gasteiger charge is -2.15. The number of hydrogen-bond donors (Lipinski definition) is 2. The van der Waals surface area contributed by atoms with Gasteiger partial charge in [-0.25, -0.2) is 4.98 Å². The first kappa shape index (κ1) is 20.7. The van der Waals surface area contributed by atoms with Crippen molar-refractivity contribution >= 4 is 17.7 Å². The number of carbonyl (C=O) groups is 1. The average molecular weight is 435 g/mol. The van der Waals surface area contributed by atoms with Crippen molar-refractivity contribution in [2.45, 2.75) is 23.4 Å². The number of methoxy groups -OCH3 is 1. The molecule has 0 spiro atoms. The van der Waals surface area contributed by atoms with Crippen LogP contribution in [0, 0.1) is 0 Å². The topological polar surface area (TPSA) is 93.0 Å². The van der Waals surface area contributed by atoms with E-state index in [0.717, 1.165) is 22.6 Å². The van der Waals surface area contributed by atoms with Crippen LogP contribution in [0.1, 0.15) is 23.0 Å². The number of aromatic nitrogens is 3. The number of hydrogen-bond acceptors (Lipinski definition) is 6. The van der Waals surface area contributed by atoms with Crippen molar-refractivity contribution in [3.05, 3.63) is 84.3 Å². The number of nitrogens with one attached hydrogen (secondary N) is 2. The fourth-order valence-electron chi connectivity index (χ4n) is 3.04. The zero-order valence-corrected chi connectivity index (χ0v) is 17.8. The first-order valence-corrected chi connectivity index (χ1v) is 10.7. The number of H-pyrrole nitrogens is 1. The monoisotopic (exact) mass is 434 g/mol. The number of carbonyl (C=O) groups excluding carboxylic acids is 1. The molecule has 1 atom stereocenters. The van der Waals surface area contributed by atoms with Gasteiger partial charge in [0.1, 0.15) is 11.5 Å². The van der Waals surface area contributed by atoms with Gasteiger partial charge in [0.05, 0.1) is 19.9 Å². The SMILES string of the molecule is COc1ccc(-c2nc(S[C@@H](CC(=O)NCc3ccco3)c3ccccc3)n[nH]2)cc1. The number of nitrogens with zero attached hydrogens (tertiary/aromatic N) is 2. The lowest BCUT2D eigenvalue weighted by molar-refractivity contribution is -0.121. The minimum atomic E-state index is -0.127. The summed E-state index contributed by atoms with van der Waals surface area (Å²) in [4.78, 5) is 17.2. The van der Waals surface area contributed by atoms with Crippen LogP contribution in [0.2, 0.25) is 0 Å². The molecule has 7 nitrogen and oxygen atoms in total. The summed E-state index contributed by atoms with van der Waals surface area (Å²) in [6, 6.07) is 21.1. The van der Waals surface area contributed by atoms with Gasteiger partial charge in [-0.1, -0.05) is 42.1 Å². The fourth-order valence-corrected chi connectivity index (χ4v) is 4.06. The third-order valence-corrected chi connectivity index (χ3v) is 5.77. The Bertz CT molecular complexity index is 1100. The second kappa shape index (κ2) is 9.99. The zero-order chi connectivity index (χ0) is 21.5. The van der Waals surface area contributed by atoms with Crippen LogP contribution in [-0.2, 0) is 11.3 Å². The molecule has 158 valence electrons. The minimum Gasteiger partial charge on any atom is -0.497 e. The predicted molar refractivity (Wildman–Crippen MR) is 119 cm³/mol. The highest BCUT2D eigenvalue weighted by Crippen LogP contribution is 2.36. The van der Waals surface area contributed by atoms with Gasteiger partial charge in [-0.3, -0.25) is 9.89 Å². The Morgan fingerprint density at radius 1 is 1.13 bits per heavy atom. The van der Waals surface area contributed by atoms with E-state index in [-0.39, 0.29) is 11.2 Å². The smallest absolute Gasteiger partial charge is 0.221 e. The molecule has 8 heteroatoms. The Kier molecular flexibility index (Phi) is 6.68. The highest BCUT2D eigenvalue weighted by Gasteiger charge is 2.20. The maximum atomic E-state index is 12.6. The Balaban J connectivity index is 1.46. The molecule has 0 saturated carbocycles. The molecule has 2 aromatic heterocycles. The van der Waals surface area contributed by atoms with E-state index in [1.165, 1.54) is 11.8 Å². The van der Waals surface area contributed by atoms with Crippen molar-refractivity contribution in [3.8, 4) is 17.1 Å². The highest BCUT2D eigenvalue weighted by atomic mass is 32.2. The Morgan fingerprint density at radius 2 is 1.94 bits per heavy atom. The maximum Gasteiger partial charge on any atom is 0.221 e. The van der Waals surface area contributed by atoms with Gasteiger partial charge >= 0.3 is 0 Å². The molecule has 0 radical (unpaired) electrons. The third kappa shape index (κ3) is 5.55. The van der Waals surface area contributed by atoms with Gasteiger partial charge in [0.25, 0.3) is 0 Å². The number of ether oxygens (including phenoxy) is 1. The summed E-state index contributed by atoms with van der Waals surface area (Å²) in [6.45, 7) is 0.361. The number of rotatable bonds is 9. The van der Waals surface area contributed by atoms with Crippen LogP contribution in [-0.4, -0.2) is 28.2 Å². The van der Waals surface area contributed by atoms with Crippen LogP contribution in [0.25, 0.3) is 11.4 Å². The van der Waals surface area contributed by atoms with Crippen molar-refractivity contribution in [3.63, 3.8) is 0 Å². The summed E-state index contributed by atoms with van der Waals surface area (Å²) < 4.78 is 10.5. The van der Waals surface area contributed by atoms with Crippen molar-refractivity contribution < 1.29 is 13.9 Å². The van der Waals surface area contributed by atoms with E-state index >= 15 is 0 Å². The van der Waals surface area contributed by atoms with E-state index in [4.69, 9.17) is 9.15 Å². The number of benzene rings is 2. The molecule has 0 unspecified atom stereocenters. The van der Waals surface area contributed by atoms with Crippen LogP contribution in [0.15, 0.2) is 82.6 Å². The predicted octanol–water partition coefficient (Wildman–Crippen LogP) is 4.61. The number of thioether (sulfide) groups is 1. The molecular formula is C23H22N4O3S. The molecule has 0 aliphatic carbocycles. The van der Waals surface area contributed by atoms with Gasteiger partial charge in [-0.05, 0) is 42.0 Å². The van der Waals surface area contributed by atoms with Crippen LogP contribution in [0.5, 0.6) is 5.75 Å². The van der Waals surface area contributed by atoms with E-state index in [0.29, 0.717) is 23.9 Å². The first-order valence-electron chi connectivity index (χ1n) is 9.79. The van der Waals surface area contributed by atoms with Gasteiger partial charge in [-0.15, -0.1) is 5.10 Å². The van der Waals surface area contributed by atoms with E-state index < -0.39 is 0 Å². The summed E-state index contributed by atoms with van der Waals surface area (Å²) in [5, 5.41) is 10.7. The Morgan fingerprint density at radius 3 is 2.65 bits per heavy atom. The lowest BCUT2D eigenvalue weighted by Crippen LogP contribution is -2.23. The molecule has 1 amide bonds. The van der Waals surface area contributed by atoms with E-state index in [1.807, 2.05) is 60.7 Å². The van der Waals surface area contributed by atoms with Gasteiger partial charge < -0.3 is 14.5 Å². The molecule has 0 saturated heterocycles. The molecular weight excluding hydrogens is 412 g/mol. The summed E-state index contributed by atoms with van der Waals surface area (Å²) in [6.07, 6.45) is 1.88. The second-order valence-corrected chi connectivity index (χ2v) is 7.94. The van der Waals surface area contributed by atoms with Crippen molar-refractivity contribution in [1.29, 1.82) is 0 Å². The van der Waals surface area contributed by atoms with Crippen LogP contribution in [0.4, 0.5) is 0 Å². The molecule has 2 N–H and O–H groups in total. The summed E-state index contributed by atoms with van der Waals surface area (Å²) in [7, 11) is 1.63. The summed E-state index contributed by atoms with van der Waals surface area (Å²) in [5.74, 6) is 2.10. The lowest BCUT2D eigenvalue weighted by atomic mass is 10.1. The van der Waals surface area contributed by atoms with Gasteiger partial charge in [0, 0.05) is 17.2 Å². The van der Waals surface area contributed by atoms with Gasteiger partial charge in [0.15, 0.2) is 5.82 Å². The molecule has 2 aromatic carbocycles. The highest BCUT2D eigenvalue weighted by molar-refractivity contribution is 7.99. The van der Waals surface area contributed by atoms with Crippen LogP contribution < -0.4 is 10.1 Å². The van der Waals surface area contributed by atoms with E-state index in [1.54, 1.807) is 19.4 Å². The zero-order valence-electron chi connectivity index (χ0n) is 16.9. The molecule has 0 bridgehead atoms. The molecule has 0 aliphatic rings. The largest absolute Gasteiger partial charge is 0.497 e. The van der Waals surface area contributed by atoms with Gasteiger partial charge in [-0.2, -0.15) is 0 Å². The Hall–Kier alpha value is -3.52. The van der Waals surface area contributed by atoms with E-state index in [2.05, 4.69) is 20.5 Å². The van der Waals surface area contributed by atoms with Crippen LogP contribution >= 0.6 is 11.8 Å². The summed E-state index contributed by atoms with van der Waals surface area (Å²) >= 11 is 1.45. The van der Waals surface area contributed by atoms with Crippen LogP contribution in [0.3, 0.4) is 0 Å². The van der Waals surface area contributed by atoms with Gasteiger partial charge in [0.2, 0.25) is 11.1 Å².